The number of para-hydroxylation sites is 1. The van der Waals surface area contributed by atoms with Crippen molar-refractivity contribution in [1.82, 2.24) is 19.8 Å². The molecule has 204 valence electrons. The lowest BCUT2D eigenvalue weighted by Crippen LogP contribution is -2.32. The largest absolute Gasteiger partial charge is 0.465 e. The molecule has 1 fully saturated rings. The monoisotopic (exact) mass is 553 g/mol. The van der Waals surface area contributed by atoms with Crippen LogP contribution in [-0.4, -0.2) is 45.1 Å². The van der Waals surface area contributed by atoms with Gasteiger partial charge in [0, 0.05) is 41.9 Å². The van der Waals surface area contributed by atoms with Crippen LogP contribution >= 0.6 is 12.2 Å². The minimum Gasteiger partial charge on any atom is -0.465 e. The number of benzene rings is 2. The first-order chi connectivity index (χ1) is 19.4. The third-order valence-electron chi connectivity index (χ3n) is 7.17. The van der Waals surface area contributed by atoms with Gasteiger partial charge in [0.1, 0.15) is 0 Å². The Bertz CT molecular complexity index is 1520. The molecule has 2 aromatic heterocycles. The van der Waals surface area contributed by atoms with Crippen molar-refractivity contribution in [2.45, 2.75) is 32.4 Å². The Hall–Kier alpha value is -4.50. The molecule has 1 saturated heterocycles. The highest BCUT2D eigenvalue weighted by Crippen LogP contribution is 2.41. The van der Waals surface area contributed by atoms with Gasteiger partial charge in [-0.2, -0.15) is 0 Å². The first-order valence-electron chi connectivity index (χ1n) is 13.1. The van der Waals surface area contributed by atoms with Crippen LogP contribution in [0.2, 0.25) is 0 Å². The highest BCUT2D eigenvalue weighted by atomic mass is 32.1. The summed E-state index contributed by atoms with van der Waals surface area (Å²) in [6.07, 6.45) is 2.05. The molecule has 2 aromatic carbocycles. The van der Waals surface area contributed by atoms with Gasteiger partial charge >= 0.3 is 5.97 Å². The molecular weight excluding hydrogens is 522 g/mol. The summed E-state index contributed by atoms with van der Waals surface area (Å²) in [5.41, 5.74) is 6.23. The molecule has 0 bridgehead atoms. The van der Waals surface area contributed by atoms with Crippen molar-refractivity contribution in [2.75, 3.05) is 19.0 Å². The Balaban J connectivity index is 1.47. The summed E-state index contributed by atoms with van der Waals surface area (Å²) >= 11 is 5.81. The van der Waals surface area contributed by atoms with Crippen LogP contribution in [0, 0.1) is 13.8 Å². The Morgan fingerprint density at radius 3 is 2.42 bits per heavy atom. The van der Waals surface area contributed by atoms with Gasteiger partial charge in [-0.05, 0) is 86.2 Å². The fourth-order valence-corrected chi connectivity index (χ4v) is 5.63. The van der Waals surface area contributed by atoms with Crippen LogP contribution in [0.15, 0.2) is 85.1 Å². The summed E-state index contributed by atoms with van der Waals surface area (Å²) in [6, 6.07) is 24.4. The number of amides is 1. The second-order valence-electron chi connectivity index (χ2n) is 9.68. The summed E-state index contributed by atoms with van der Waals surface area (Å²) in [7, 11) is 1.37. The lowest BCUT2D eigenvalue weighted by molar-refractivity contribution is -0.116. The Labute approximate surface area is 239 Å². The molecule has 2 N–H and O–H groups in total. The number of nitrogens with zero attached hydrogens (tertiary/aromatic N) is 3. The highest BCUT2D eigenvalue weighted by molar-refractivity contribution is 7.80. The maximum Gasteiger partial charge on any atom is 0.337 e. The van der Waals surface area contributed by atoms with Crippen LogP contribution in [-0.2, 0) is 9.53 Å². The quantitative estimate of drug-likeness (QED) is 0.227. The van der Waals surface area contributed by atoms with Gasteiger partial charge in [-0.3, -0.25) is 9.78 Å². The van der Waals surface area contributed by atoms with E-state index in [1.165, 1.54) is 7.11 Å². The molecular formula is C31H31N5O3S. The average Bonchev–Trinajstić information content (AvgIpc) is 3.46. The number of hydrogen-bond acceptors (Lipinski definition) is 5. The second-order valence-corrected chi connectivity index (χ2v) is 10.1. The van der Waals surface area contributed by atoms with Crippen LogP contribution in [0.1, 0.15) is 51.5 Å². The number of thiocarbonyl (C=S) groups is 1. The summed E-state index contributed by atoms with van der Waals surface area (Å²) < 4.78 is 7.01. The number of pyridine rings is 1. The van der Waals surface area contributed by atoms with Crippen molar-refractivity contribution in [3.63, 3.8) is 0 Å². The Morgan fingerprint density at radius 1 is 1.02 bits per heavy atom. The molecule has 0 unspecified atom stereocenters. The number of carbonyl (C=O) groups is 2. The summed E-state index contributed by atoms with van der Waals surface area (Å²) in [5.74, 6) is -0.450. The average molecular weight is 554 g/mol. The normalized spacial score (nSPS) is 16.5. The number of ether oxygens (including phenoxy) is 1. The molecule has 1 aliphatic rings. The Morgan fingerprint density at radius 2 is 1.75 bits per heavy atom. The van der Waals surface area contributed by atoms with Crippen molar-refractivity contribution < 1.29 is 14.3 Å². The van der Waals surface area contributed by atoms with E-state index in [-0.39, 0.29) is 30.4 Å². The molecule has 3 heterocycles. The smallest absolute Gasteiger partial charge is 0.337 e. The number of methoxy groups -OCH3 is 1. The van der Waals surface area contributed by atoms with E-state index in [1.807, 2.05) is 60.7 Å². The highest BCUT2D eigenvalue weighted by Gasteiger charge is 2.41. The fourth-order valence-electron chi connectivity index (χ4n) is 5.30. The molecule has 0 aliphatic carbocycles. The summed E-state index contributed by atoms with van der Waals surface area (Å²) in [5, 5.41) is 7.01. The van der Waals surface area contributed by atoms with Gasteiger partial charge in [-0.25, -0.2) is 4.79 Å². The number of hydrogen-bond donors (Lipinski definition) is 2. The zero-order valence-electron chi connectivity index (χ0n) is 22.6. The first-order valence-corrected chi connectivity index (χ1v) is 13.5. The predicted molar refractivity (Wildman–Crippen MR) is 158 cm³/mol. The zero-order valence-corrected chi connectivity index (χ0v) is 23.4. The standard InChI is InChI=1S/C31H31N5O3S/c1-20-19-25(21(2)36(20)24-14-12-22(13-15-24)30(38)39-3)29-28(26-11-7-8-17-32-26)34-31(40)35(29)18-16-27(37)33-23-9-5-4-6-10-23/h4-15,17,19,28-29H,16,18H2,1-3H3,(H,33,37)(H,34,40)/t28-,29+/m0/s1. The molecule has 8 nitrogen and oxygen atoms in total. The molecule has 4 aromatic rings. The van der Waals surface area contributed by atoms with Crippen molar-refractivity contribution in [2.24, 2.45) is 0 Å². The van der Waals surface area contributed by atoms with Gasteiger partial charge in [-0.1, -0.05) is 24.3 Å². The van der Waals surface area contributed by atoms with Crippen LogP contribution < -0.4 is 10.6 Å². The van der Waals surface area contributed by atoms with Crippen molar-refractivity contribution >= 4 is 34.9 Å². The number of carbonyl (C=O) groups excluding carboxylic acids is 2. The third kappa shape index (κ3) is 5.46. The van der Waals surface area contributed by atoms with Gasteiger partial charge in [-0.15, -0.1) is 0 Å². The number of anilines is 1. The maximum absolute atomic E-state index is 12.8. The molecule has 2 atom stereocenters. The predicted octanol–water partition coefficient (Wildman–Crippen LogP) is 5.28. The second kappa shape index (κ2) is 11.7. The van der Waals surface area contributed by atoms with E-state index in [2.05, 4.69) is 45.0 Å². The number of aryl methyl sites for hydroxylation is 1. The van der Waals surface area contributed by atoms with E-state index in [4.69, 9.17) is 17.0 Å². The maximum atomic E-state index is 12.8. The van der Waals surface area contributed by atoms with E-state index < -0.39 is 0 Å². The molecule has 0 spiro atoms. The molecule has 1 amide bonds. The fraction of sp³-hybridized carbons (Fsp3) is 0.226. The third-order valence-corrected chi connectivity index (χ3v) is 7.52. The first kappa shape index (κ1) is 27.1. The summed E-state index contributed by atoms with van der Waals surface area (Å²) in [6.45, 7) is 4.57. The van der Waals surface area contributed by atoms with Crippen LogP contribution in [0.25, 0.3) is 5.69 Å². The zero-order chi connectivity index (χ0) is 28.2. The van der Waals surface area contributed by atoms with Crippen LogP contribution in [0.5, 0.6) is 0 Å². The van der Waals surface area contributed by atoms with Crippen molar-refractivity contribution in [3.05, 3.63) is 113 Å². The number of nitrogens with one attached hydrogen (secondary N) is 2. The topological polar surface area (TPSA) is 88.5 Å². The molecule has 9 heteroatoms. The number of aromatic nitrogens is 2. The van der Waals surface area contributed by atoms with Crippen LogP contribution in [0.3, 0.4) is 0 Å². The minimum atomic E-state index is -0.371. The van der Waals surface area contributed by atoms with Crippen LogP contribution in [0.4, 0.5) is 5.69 Å². The number of rotatable bonds is 8. The van der Waals surface area contributed by atoms with E-state index in [0.29, 0.717) is 17.2 Å². The molecule has 5 rings (SSSR count). The lowest BCUT2D eigenvalue weighted by atomic mass is 9.96. The van der Waals surface area contributed by atoms with Crippen molar-refractivity contribution in [1.29, 1.82) is 0 Å². The van der Waals surface area contributed by atoms with Gasteiger partial charge in [0.15, 0.2) is 5.11 Å². The van der Waals surface area contributed by atoms with Gasteiger partial charge in [0.2, 0.25) is 5.91 Å². The van der Waals surface area contributed by atoms with E-state index >= 15 is 0 Å². The lowest BCUT2D eigenvalue weighted by Gasteiger charge is -2.28. The summed E-state index contributed by atoms with van der Waals surface area (Å²) in [4.78, 5) is 31.5. The van der Waals surface area contributed by atoms with E-state index in [0.717, 1.165) is 34.0 Å². The van der Waals surface area contributed by atoms with E-state index in [9.17, 15) is 9.59 Å². The molecule has 1 aliphatic heterocycles. The molecule has 0 saturated carbocycles. The van der Waals surface area contributed by atoms with Gasteiger partial charge < -0.3 is 24.8 Å². The van der Waals surface area contributed by atoms with Gasteiger partial charge in [0.05, 0.1) is 30.5 Å². The minimum absolute atomic E-state index is 0.0785. The number of esters is 1. The Kier molecular flexibility index (Phi) is 7.93. The SMILES string of the molecule is COC(=O)c1ccc(-n2c(C)cc([C@@H]3[C@H](c4ccccn4)NC(=S)N3CCC(=O)Nc3ccccc3)c2C)cc1. The molecule has 40 heavy (non-hydrogen) atoms. The van der Waals surface area contributed by atoms with Crippen molar-refractivity contribution in [3.8, 4) is 5.69 Å². The van der Waals surface area contributed by atoms with E-state index in [1.54, 1.807) is 18.3 Å². The molecule has 0 radical (unpaired) electrons. The van der Waals surface area contributed by atoms with Gasteiger partial charge in [0.25, 0.3) is 0 Å².